The van der Waals surface area contributed by atoms with Gasteiger partial charge in [0.15, 0.2) is 17.2 Å². The van der Waals surface area contributed by atoms with E-state index in [2.05, 4.69) is 29.9 Å². The Kier molecular flexibility index (Phi) is 15.5. The molecule has 54 heavy (non-hydrogen) atoms. The molecule has 3 heterocycles. The number of nitrogens with one attached hydrogen (secondary N) is 2. The van der Waals surface area contributed by atoms with Crippen LogP contribution in [-0.2, 0) is 56.4 Å². The molecule has 1 saturated heterocycles. The van der Waals surface area contributed by atoms with Gasteiger partial charge in [-0.2, -0.15) is 4.31 Å². The van der Waals surface area contributed by atoms with Gasteiger partial charge < -0.3 is 56.0 Å². The van der Waals surface area contributed by atoms with E-state index in [4.69, 9.17) is 29.1 Å². The number of aliphatic hydroxyl groups is 3. The average molecular weight is 836 g/mol. The first-order valence-corrected chi connectivity index (χ1v) is 20.5. The molecule has 2 aromatic heterocycles. The maximum Gasteiger partial charge on any atom is 0.481 e. The monoisotopic (exact) mass is 835 g/mol. The number of aromatic nitrogens is 4. The van der Waals surface area contributed by atoms with E-state index in [9.17, 15) is 57.9 Å². The lowest BCUT2D eigenvalue weighted by Crippen LogP contribution is -2.46. The zero-order chi connectivity index (χ0) is 40.7. The molecule has 2 aromatic rings. The van der Waals surface area contributed by atoms with Crippen molar-refractivity contribution in [2.75, 3.05) is 38.6 Å². The summed E-state index contributed by atoms with van der Waals surface area (Å²) in [5.41, 5.74) is 2.27. The number of ether oxygens (including phenoxy) is 1. The number of nitrogens with zero attached hydrogens (tertiary/aromatic N) is 4. The molecule has 11 N–H and O–H groups in total. The van der Waals surface area contributed by atoms with Crippen LogP contribution in [0.5, 0.6) is 0 Å². The molecule has 2 amide bonds. The molecule has 0 radical (unpaired) electrons. The van der Waals surface area contributed by atoms with E-state index >= 15 is 0 Å². The van der Waals surface area contributed by atoms with Gasteiger partial charge in [-0.3, -0.25) is 32.5 Å². The number of nitrogen functional groups attached to an aromatic ring is 1. The first-order chi connectivity index (χ1) is 24.9. The quantitative estimate of drug-likeness (QED) is 0.0592. The third-order valence-electron chi connectivity index (χ3n) is 7.90. The van der Waals surface area contributed by atoms with Crippen LogP contribution in [0.2, 0.25) is 0 Å². The van der Waals surface area contributed by atoms with Crippen molar-refractivity contribution in [1.29, 1.82) is 0 Å². The van der Waals surface area contributed by atoms with E-state index in [-0.39, 0.29) is 61.7 Å². The third kappa shape index (κ3) is 12.6. The maximum atomic E-state index is 12.7. The zero-order valence-corrected chi connectivity index (χ0v) is 31.8. The van der Waals surface area contributed by atoms with Gasteiger partial charge in [0.1, 0.15) is 42.0 Å². The lowest BCUT2D eigenvalue weighted by atomic mass is 9.87. The number of imidazole rings is 1. The van der Waals surface area contributed by atoms with E-state index in [1.165, 1.54) is 20.8 Å². The largest absolute Gasteiger partial charge is 0.481 e. The van der Waals surface area contributed by atoms with Gasteiger partial charge in [-0.25, -0.2) is 28.6 Å². The number of phosphoric acid groups is 3. The number of fused-ring (bicyclic) bond motifs is 1. The second-order valence-electron chi connectivity index (χ2n) is 12.7. The van der Waals surface area contributed by atoms with Gasteiger partial charge >= 0.3 is 23.5 Å². The Balaban J connectivity index is 1.56. The van der Waals surface area contributed by atoms with Gasteiger partial charge in [-0.15, -0.1) is 0 Å². The summed E-state index contributed by atoms with van der Waals surface area (Å²) in [6.07, 6.45) is -5.03. The predicted molar refractivity (Wildman–Crippen MR) is 180 cm³/mol. The summed E-state index contributed by atoms with van der Waals surface area (Å²) in [6, 6.07) is 0. The highest BCUT2D eigenvalue weighted by Crippen LogP contribution is 2.61. The Bertz CT molecular complexity index is 1790. The van der Waals surface area contributed by atoms with Crippen LogP contribution in [0, 0.1) is 5.41 Å². The van der Waals surface area contributed by atoms with Gasteiger partial charge in [-0.05, 0) is 13.3 Å². The second-order valence-corrected chi connectivity index (χ2v) is 17.0. The smallest absolute Gasteiger partial charge is 0.396 e. The Morgan fingerprint density at radius 3 is 2.33 bits per heavy atom. The molecular formula is C26H44N7O18P3. The molecule has 0 spiro atoms. The van der Waals surface area contributed by atoms with Crippen molar-refractivity contribution in [1.82, 2.24) is 30.2 Å². The number of anilines is 1. The molecular weight excluding hydrogens is 791 g/mol. The molecule has 7 atom stereocenters. The highest BCUT2D eigenvalue weighted by Gasteiger charge is 2.57. The number of Topliss-reactive ketones (excluding diaryl/α,β-unsaturated/α-hetero) is 1. The number of hydrogen-bond donors (Lipinski definition) is 10. The second kappa shape index (κ2) is 18.4. The molecule has 28 heteroatoms. The topological polar surface area (TPSA) is 384 Å². The van der Waals surface area contributed by atoms with E-state index in [1.54, 1.807) is 0 Å². The first-order valence-electron chi connectivity index (χ1n) is 16.0. The number of ketones is 1. The van der Waals surface area contributed by atoms with Crippen LogP contribution in [0.25, 0.3) is 11.2 Å². The Labute approximate surface area is 307 Å². The number of phosphoric ester groups is 3. The van der Waals surface area contributed by atoms with E-state index < -0.39 is 84.1 Å². The van der Waals surface area contributed by atoms with Gasteiger partial charge in [0.2, 0.25) is 11.8 Å². The predicted octanol–water partition coefficient (Wildman–Crippen LogP) is -1.69. The molecule has 25 nitrogen and oxygen atoms in total. The molecule has 0 saturated carbocycles. The van der Waals surface area contributed by atoms with Gasteiger partial charge in [0.05, 0.1) is 19.5 Å². The Morgan fingerprint density at radius 2 is 1.69 bits per heavy atom. The lowest BCUT2D eigenvalue weighted by Gasteiger charge is -2.30. The minimum absolute atomic E-state index is 0.0144. The molecule has 0 aromatic carbocycles. The normalized spacial score (nSPS) is 23.4. The number of aliphatic hydroxyl groups excluding tert-OH is 3. The summed E-state index contributed by atoms with van der Waals surface area (Å²) in [7, 11) is -16.5. The molecule has 0 bridgehead atoms. The summed E-state index contributed by atoms with van der Waals surface area (Å²) in [6.45, 7) is 1.34. The molecule has 306 valence electrons. The van der Waals surface area contributed by atoms with Crippen LogP contribution < -0.4 is 16.4 Å². The third-order valence-corrected chi connectivity index (χ3v) is 11.0. The number of carbonyl (C=O) groups excluding carboxylic acids is 3. The van der Waals surface area contributed by atoms with Crippen LogP contribution in [-0.4, -0.2) is 129 Å². The summed E-state index contributed by atoms with van der Waals surface area (Å²) >= 11 is 0. The van der Waals surface area contributed by atoms with Crippen molar-refractivity contribution in [3.05, 3.63) is 12.7 Å². The number of amides is 2. The zero-order valence-electron chi connectivity index (χ0n) is 29.2. The molecule has 3 rings (SSSR count). The summed E-state index contributed by atoms with van der Waals surface area (Å²) in [4.78, 5) is 87.2. The van der Waals surface area contributed by atoms with Gasteiger partial charge in [-0.1, -0.05) is 13.8 Å². The van der Waals surface area contributed by atoms with E-state index in [0.717, 1.165) is 17.2 Å². The van der Waals surface area contributed by atoms with Crippen molar-refractivity contribution in [2.45, 2.75) is 76.6 Å². The number of rotatable bonds is 22. The number of carbonyl (C=O) groups is 3. The van der Waals surface area contributed by atoms with Crippen LogP contribution in [0.3, 0.4) is 0 Å². The highest BCUT2D eigenvalue weighted by atomic mass is 31.3. The lowest BCUT2D eigenvalue weighted by molar-refractivity contribution is -0.137. The maximum absolute atomic E-state index is 12.7. The summed E-state index contributed by atoms with van der Waals surface area (Å²) in [5.74, 6) is -1.70. The SMILES string of the molecule is CC(C)(COP(=O)(O)OP(=O)(O)OCC1OC(C)(n2cnc3c(N)ncnc32)C(O)C1OP(=O)(O)O)C(O)C(=O)NCCC(=O)NCCC(=O)CCCO. The first kappa shape index (κ1) is 45.6. The summed E-state index contributed by atoms with van der Waals surface area (Å²) < 4.78 is 62.5. The highest BCUT2D eigenvalue weighted by molar-refractivity contribution is 7.61. The van der Waals surface area contributed by atoms with Crippen molar-refractivity contribution >= 4 is 58.0 Å². The average Bonchev–Trinajstić information content (AvgIpc) is 3.61. The summed E-state index contributed by atoms with van der Waals surface area (Å²) in [5, 5.41) is 35.2. The fourth-order valence-electron chi connectivity index (χ4n) is 5.00. The molecule has 7 unspecified atom stereocenters. The number of nitrogens with two attached hydrogens (primary N) is 1. The van der Waals surface area contributed by atoms with Crippen LogP contribution in [0.1, 0.15) is 46.5 Å². The van der Waals surface area contributed by atoms with E-state index in [0.29, 0.717) is 6.42 Å². The molecule has 1 aliphatic heterocycles. The molecule has 0 aliphatic carbocycles. The van der Waals surface area contributed by atoms with Gasteiger partial charge in [0.25, 0.3) is 0 Å². The minimum Gasteiger partial charge on any atom is -0.396 e. The number of hydrogen-bond acceptors (Lipinski definition) is 18. The van der Waals surface area contributed by atoms with Crippen LogP contribution >= 0.6 is 23.5 Å². The van der Waals surface area contributed by atoms with Crippen molar-refractivity contribution < 1.29 is 85.6 Å². The Hall–Kier alpha value is -2.83. The fraction of sp³-hybridized carbons (Fsp3) is 0.692. The van der Waals surface area contributed by atoms with Crippen molar-refractivity contribution in [2.24, 2.45) is 5.41 Å². The van der Waals surface area contributed by atoms with Crippen LogP contribution in [0.15, 0.2) is 12.7 Å². The minimum atomic E-state index is -5.59. The fourth-order valence-corrected chi connectivity index (χ4v) is 7.81. The van der Waals surface area contributed by atoms with Crippen molar-refractivity contribution in [3.63, 3.8) is 0 Å². The van der Waals surface area contributed by atoms with Gasteiger partial charge in [0, 0.05) is 44.4 Å². The molecule has 1 fully saturated rings. The Morgan fingerprint density at radius 1 is 1.04 bits per heavy atom. The van der Waals surface area contributed by atoms with E-state index in [1.807, 2.05) is 0 Å². The molecule has 1 aliphatic rings. The van der Waals surface area contributed by atoms with Crippen LogP contribution in [0.4, 0.5) is 5.82 Å². The van der Waals surface area contributed by atoms with Crippen molar-refractivity contribution in [3.8, 4) is 0 Å². The standard InChI is InChI=1S/C26H44N7O18P3/c1-25(2,21(38)24(39)29-9-7-17(36)28-8-6-15(35)5-4-10-34)12-48-54(45,46)51-53(43,44)47-11-16-19(50-52(40,41)42)20(37)26(3,49-16)33-14-32-18-22(27)30-13-31-23(18)33/h13-14,16,19-21,34,37-38H,4-12H2,1-3H3,(H,28,36)(H,29,39)(H,43,44)(H,45,46)(H2,27,30,31)(H2,40,41,42).